The van der Waals surface area contributed by atoms with Crippen molar-refractivity contribution in [2.75, 3.05) is 0 Å². The van der Waals surface area contributed by atoms with Crippen LogP contribution in [0.5, 0.6) is 11.5 Å². The van der Waals surface area contributed by atoms with E-state index < -0.39 is 6.10 Å². The molecule has 0 aliphatic heterocycles. The maximum Gasteiger partial charge on any atom is 0.119 e. The fraction of sp³-hybridized carbons (Fsp3) is 0.125. The normalized spacial score (nSPS) is 12.9. The van der Waals surface area contributed by atoms with Gasteiger partial charge in [0.15, 0.2) is 0 Å². The van der Waals surface area contributed by atoms with Gasteiger partial charge in [-0.15, -0.1) is 0 Å². The lowest BCUT2D eigenvalue weighted by atomic mass is 10.1. The molecule has 0 heterocycles. The van der Waals surface area contributed by atoms with Crippen LogP contribution in [0.2, 0.25) is 0 Å². The van der Waals surface area contributed by atoms with Gasteiger partial charge in [-0.2, -0.15) is 0 Å². The molecule has 3 N–H and O–H groups in total. The van der Waals surface area contributed by atoms with E-state index in [0.717, 1.165) is 0 Å². The van der Waals surface area contributed by atoms with Crippen LogP contribution in [-0.4, -0.2) is 15.3 Å². The van der Waals surface area contributed by atoms with Gasteiger partial charge in [-0.25, -0.2) is 0 Å². The highest BCUT2D eigenvalue weighted by atomic mass is 16.3. The van der Waals surface area contributed by atoms with E-state index in [1.165, 1.54) is 18.2 Å². The van der Waals surface area contributed by atoms with E-state index in [1.54, 1.807) is 0 Å². The zero-order chi connectivity index (χ0) is 8.43. The van der Waals surface area contributed by atoms with Crippen molar-refractivity contribution < 1.29 is 15.3 Å². The van der Waals surface area contributed by atoms with Crippen molar-refractivity contribution in [2.24, 2.45) is 0 Å². The van der Waals surface area contributed by atoms with Gasteiger partial charge in [0.05, 0.1) is 6.10 Å². The largest absolute Gasteiger partial charge is 0.508 e. The Bertz CT molecular complexity index is 235. The summed E-state index contributed by atoms with van der Waals surface area (Å²) in [4.78, 5) is 0. The number of aromatic hydroxyl groups is 2. The van der Waals surface area contributed by atoms with Crippen molar-refractivity contribution in [1.29, 1.82) is 0 Å². The molecule has 3 heteroatoms. The predicted molar refractivity (Wildman–Crippen MR) is 40.1 cm³/mol. The Hall–Kier alpha value is -1.22. The lowest BCUT2D eigenvalue weighted by molar-refractivity contribution is 0.225. The second-order valence-electron chi connectivity index (χ2n) is 2.30. The highest BCUT2D eigenvalue weighted by Crippen LogP contribution is 2.23. The van der Waals surface area contributed by atoms with Gasteiger partial charge in [0.2, 0.25) is 0 Å². The second kappa shape index (κ2) is 2.80. The molecule has 0 aliphatic carbocycles. The summed E-state index contributed by atoms with van der Waals surface area (Å²) in [6, 6.07) is 3.88. The summed E-state index contributed by atoms with van der Waals surface area (Å²) < 4.78 is 0. The number of phenolic OH excluding ortho intramolecular Hbond substituents is 2. The number of aliphatic hydroxyl groups excluding tert-OH is 1. The Balaban J connectivity index is 3.08. The van der Waals surface area contributed by atoms with Crippen LogP contribution < -0.4 is 0 Å². The third kappa shape index (κ3) is 1.85. The number of hydrogen-bond donors (Lipinski definition) is 3. The molecular formula is C8H9O3. The fourth-order valence-corrected chi connectivity index (χ4v) is 0.810. The average molecular weight is 153 g/mol. The first-order valence-corrected chi connectivity index (χ1v) is 3.13. The quantitative estimate of drug-likeness (QED) is 0.563. The topological polar surface area (TPSA) is 60.7 Å². The minimum absolute atomic E-state index is 0.0808. The summed E-state index contributed by atoms with van der Waals surface area (Å²) in [5.74, 6) is -0.162. The predicted octanol–water partition coefficient (Wildman–Crippen LogP) is 0.965. The minimum Gasteiger partial charge on any atom is -0.508 e. The van der Waals surface area contributed by atoms with Gasteiger partial charge >= 0.3 is 0 Å². The van der Waals surface area contributed by atoms with Gasteiger partial charge in [-0.1, -0.05) is 0 Å². The van der Waals surface area contributed by atoms with Crippen molar-refractivity contribution in [1.82, 2.24) is 0 Å². The van der Waals surface area contributed by atoms with Crippen molar-refractivity contribution in [3.05, 3.63) is 30.7 Å². The molecule has 0 amide bonds. The summed E-state index contributed by atoms with van der Waals surface area (Å²) in [5.41, 5.74) is 0.391. The summed E-state index contributed by atoms with van der Waals surface area (Å²) in [6.45, 7) is 3.32. The minimum atomic E-state index is -0.923. The molecule has 1 rings (SSSR count). The Kier molecular flexibility index (Phi) is 2.01. The van der Waals surface area contributed by atoms with Crippen LogP contribution in [0.3, 0.4) is 0 Å². The highest BCUT2D eigenvalue weighted by Gasteiger charge is 2.03. The SMILES string of the molecule is [CH2]C(O)c1cc(O)cc(O)c1. The Morgan fingerprint density at radius 1 is 1.09 bits per heavy atom. The van der Waals surface area contributed by atoms with Gasteiger partial charge in [-0.05, 0) is 24.6 Å². The first kappa shape index (κ1) is 7.88. The van der Waals surface area contributed by atoms with E-state index in [0.29, 0.717) is 5.56 Å². The van der Waals surface area contributed by atoms with Gasteiger partial charge in [0, 0.05) is 6.07 Å². The number of aliphatic hydroxyl groups is 1. The maximum atomic E-state index is 8.94. The number of phenols is 2. The van der Waals surface area contributed by atoms with E-state index >= 15 is 0 Å². The average Bonchev–Trinajstić information content (AvgIpc) is 1.85. The smallest absolute Gasteiger partial charge is 0.119 e. The molecule has 0 aliphatic rings. The van der Waals surface area contributed by atoms with Crippen molar-refractivity contribution in [3.63, 3.8) is 0 Å². The molecule has 1 atom stereocenters. The molecule has 0 saturated heterocycles. The van der Waals surface area contributed by atoms with Gasteiger partial charge in [0.1, 0.15) is 11.5 Å². The molecule has 0 bridgehead atoms. The molecule has 1 aromatic rings. The lowest BCUT2D eigenvalue weighted by Crippen LogP contribution is -1.89. The lowest BCUT2D eigenvalue weighted by Gasteiger charge is -2.04. The molecule has 1 unspecified atom stereocenters. The molecule has 11 heavy (non-hydrogen) atoms. The van der Waals surface area contributed by atoms with E-state index in [4.69, 9.17) is 15.3 Å². The maximum absolute atomic E-state index is 8.94. The zero-order valence-corrected chi connectivity index (χ0v) is 5.86. The van der Waals surface area contributed by atoms with E-state index in [9.17, 15) is 0 Å². The molecule has 0 aromatic heterocycles. The summed E-state index contributed by atoms with van der Waals surface area (Å²) >= 11 is 0. The van der Waals surface area contributed by atoms with Crippen LogP contribution in [0, 0.1) is 6.92 Å². The molecule has 3 nitrogen and oxygen atoms in total. The fourth-order valence-electron chi connectivity index (χ4n) is 0.810. The van der Waals surface area contributed by atoms with Gasteiger partial charge in [0.25, 0.3) is 0 Å². The van der Waals surface area contributed by atoms with Crippen LogP contribution in [0.25, 0.3) is 0 Å². The van der Waals surface area contributed by atoms with Crippen molar-refractivity contribution in [2.45, 2.75) is 6.10 Å². The number of hydrogen-bond acceptors (Lipinski definition) is 3. The van der Waals surface area contributed by atoms with Crippen LogP contribution in [0.15, 0.2) is 18.2 Å². The van der Waals surface area contributed by atoms with E-state index in [-0.39, 0.29) is 11.5 Å². The first-order valence-electron chi connectivity index (χ1n) is 3.13. The number of rotatable bonds is 1. The van der Waals surface area contributed by atoms with Crippen LogP contribution >= 0.6 is 0 Å². The van der Waals surface area contributed by atoms with Crippen molar-refractivity contribution in [3.8, 4) is 11.5 Å². The first-order chi connectivity index (χ1) is 5.09. The van der Waals surface area contributed by atoms with E-state index in [2.05, 4.69) is 6.92 Å². The molecule has 0 saturated carbocycles. The molecular weight excluding hydrogens is 144 g/mol. The van der Waals surface area contributed by atoms with Gasteiger partial charge < -0.3 is 15.3 Å². The van der Waals surface area contributed by atoms with Crippen LogP contribution in [0.4, 0.5) is 0 Å². The van der Waals surface area contributed by atoms with E-state index in [1.807, 2.05) is 0 Å². The third-order valence-electron chi connectivity index (χ3n) is 1.31. The van der Waals surface area contributed by atoms with Gasteiger partial charge in [-0.3, -0.25) is 0 Å². The molecule has 59 valence electrons. The van der Waals surface area contributed by atoms with Crippen LogP contribution in [0.1, 0.15) is 11.7 Å². The molecule has 0 fully saturated rings. The Morgan fingerprint density at radius 3 is 1.91 bits per heavy atom. The molecule has 1 aromatic carbocycles. The monoisotopic (exact) mass is 153 g/mol. The Labute approximate surface area is 64.5 Å². The number of benzene rings is 1. The summed E-state index contributed by atoms with van der Waals surface area (Å²) in [6.07, 6.45) is -0.923. The highest BCUT2D eigenvalue weighted by molar-refractivity contribution is 5.37. The standard InChI is InChI=1S/C8H9O3/c1-5(9)6-2-7(10)4-8(11)3-6/h2-5,9-11H,1H2. The Morgan fingerprint density at radius 2 is 1.55 bits per heavy atom. The third-order valence-corrected chi connectivity index (χ3v) is 1.31. The second-order valence-corrected chi connectivity index (χ2v) is 2.30. The zero-order valence-electron chi connectivity index (χ0n) is 5.86. The summed E-state index contributed by atoms with van der Waals surface area (Å²) in [5, 5.41) is 26.8. The molecule has 1 radical (unpaired) electrons. The van der Waals surface area contributed by atoms with Crippen LogP contribution in [-0.2, 0) is 0 Å². The van der Waals surface area contributed by atoms with Crippen molar-refractivity contribution >= 4 is 0 Å². The molecule has 0 spiro atoms. The summed E-state index contributed by atoms with van der Waals surface area (Å²) in [7, 11) is 0.